The summed E-state index contributed by atoms with van der Waals surface area (Å²) >= 11 is 2.14. The van der Waals surface area contributed by atoms with Crippen molar-refractivity contribution < 1.29 is 8.42 Å². The normalized spacial score (nSPS) is 11.3. The van der Waals surface area contributed by atoms with Crippen LogP contribution in [0.1, 0.15) is 12.5 Å². The zero-order valence-electron chi connectivity index (χ0n) is 10.4. The van der Waals surface area contributed by atoms with Crippen LogP contribution in [0.3, 0.4) is 0 Å². The Morgan fingerprint density at radius 1 is 1.00 bits per heavy atom. The highest BCUT2D eigenvalue weighted by Gasteiger charge is 2.13. The van der Waals surface area contributed by atoms with Crippen molar-refractivity contribution in [3.63, 3.8) is 0 Å². The molecule has 0 atom stereocenters. The van der Waals surface area contributed by atoms with E-state index in [-0.39, 0.29) is 4.90 Å². The van der Waals surface area contributed by atoms with Crippen molar-refractivity contribution in [1.82, 2.24) is 0 Å². The second-order valence-electron chi connectivity index (χ2n) is 4.11. The minimum Gasteiger partial charge on any atom is -0.280 e. The first-order valence-corrected chi connectivity index (χ1v) is 8.45. The molecule has 2 aromatic carbocycles. The van der Waals surface area contributed by atoms with Gasteiger partial charge in [-0.25, -0.2) is 8.42 Å². The fourth-order valence-electron chi connectivity index (χ4n) is 1.64. The van der Waals surface area contributed by atoms with E-state index in [1.54, 1.807) is 36.4 Å². The van der Waals surface area contributed by atoms with Crippen molar-refractivity contribution in [2.45, 2.75) is 18.2 Å². The predicted octanol–water partition coefficient (Wildman–Crippen LogP) is 3.65. The fraction of sp³-hybridized carbons (Fsp3) is 0.143. The summed E-state index contributed by atoms with van der Waals surface area (Å²) in [5.41, 5.74) is 1.76. The molecule has 19 heavy (non-hydrogen) atoms. The van der Waals surface area contributed by atoms with Crippen LogP contribution in [0.5, 0.6) is 0 Å². The van der Waals surface area contributed by atoms with Gasteiger partial charge in [0.25, 0.3) is 10.0 Å². The molecule has 1 N–H and O–H groups in total. The van der Waals surface area contributed by atoms with E-state index in [2.05, 4.69) is 34.2 Å². The van der Waals surface area contributed by atoms with E-state index < -0.39 is 10.0 Å². The minimum absolute atomic E-state index is 0.271. The molecule has 2 aromatic rings. The lowest BCUT2D eigenvalue weighted by Crippen LogP contribution is -2.12. The average molecular weight is 387 g/mol. The Bertz CT molecular complexity index is 649. The van der Waals surface area contributed by atoms with E-state index in [9.17, 15) is 8.42 Å². The molecule has 0 aromatic heterocycles. The Hall–Kier alpha value is -1.08. The zero-order valence-corrected chi connectivity index (χ0v) is 13.4. The van der Waals surface area contributed by atoms with Gasteiger partial charge in [-0.15, -0.1) is 0 Å². The van der Waals surface area contributed by atoms with Gasteiger partial charge < -0.3 is 0 Å². The van der Waals surface area contributed by atoms with Gasteiger partial charge in [-0.3, -0.25) is 4.72 Å². The van der Waals surface area contributed by atoms with Gasteiger partial charge in [0.2, 0.25) is 0 Å². The molecule has 0 radical (unpaired) electrons. The Labute approximate surface area is 127 Å². The third-order valence-electron chi connectivity index (χ3n) is 2.74. The Morgan fingerprint density at radius 2 is 1.58 bits per heavy atom. The molecule has 0 unspecified atom stereocenters. The number of nitrogens with one attached hydrogen (secondary N) is 1. The van der Waals surface area contributed by atoms with Crippen molar-refractivity contribution in [2.75, 3.05) is 4.72 Å². The molecule has 100 valence electrons. The fourth-order valence-corrected chi connectivity index (χ4v) is 3.05. The summed E-state index contributed by atoms with van der Waals surface area (Å²) in [6.07, 6.45) is 0.935. The maximum Gasteiger partial charge on any atom is 0.261 e. The Morgan fingerprint density at radius 3 is 2.11 bits per heavy atom. The molecule has 0 heterocycles. The quantitative estimate of drug-likeness (QED) is 0.815. The standard InChI is InChI=1S/C14H14INO2S/c1-2-11-3-7-13(8-4-11)16-19(17,18)14-9-5-12(15)6-10-14/h3-10,16H,2H2,1H3. The molecule has 2 rings (SSSR count). The zero-order chi connectivity index (χ0) is 13.9. The number of rotatable bonds is 4. The molecule has 0 bridgehead atoms. The van der Waals surface area contributed by atoms with Crippen molar-refractivity contribution in [3.05, 3.63) is 57.7 Å². The van der Waals surface area contributed by atoms with Crippen LogP contribution in [0, 0.1) is 3.57 Å². The lowest BCUT2D eigenvalue weighted by atomic mass is 10.2. The molecule has 0 aliphatic carbocycles. The molecule has 0 aliphatic rings. The number of hydrogen-bond donors (Lipinski definition) is 1. The van der Waals surface area contributed by atoms with Crippen molar-refractivity contribution >= 4 is 38.3 Å². The molecular weight excluding hydrogens is 373 g/mol. The summed E-state index contributed by atoms with van der Waals surface area (Å²) in [4.78, 5) is 0.271. The van der Waals surface area contributed by atoms with Crippen LogP contribution in [-0.2, 0) is 16.4 Å². The first-order chi connectivity index (χ1) is 9.01. The van der Waals surface area contributed by atoms with Crippen LogP contribution in [-0.4, -0.2) is 8.42 Å². The lowest BCUT2D eigenvalue weighted by Gasteiger charge is -2.08. The molecule has 3 nitrogen and oxygen atoms in total. The molecule has 5 heteroatoms. The summed E-state index contributed by atoms with van der Waals surface area (Å²) < 4.78 is 27.9. The molecule has 0 fully saturated rings. The van der Waals surface area contributed by atoms with Gasteiger partial charge in [0.05, 0.1) is 4.90 Å². The van der Waals surface area contributed by atoms with Gasteiger partial charge in [0, 0.05) is 9.26 Å². The van der Waals surface area contributed by atoms with E-state index >= 15 is 0 Å². The van der Waals surface area contributed by atoms with E-state index in [4.69, 9.17) is 0 Å². The van der Waals surface area contributed by atoms with Crippen LogP contribution in [0.2, 0.25) is 0 Å². The predicted molar refractivity (Wildman–Crippen MR) is 85.8 cm³/mol. The highest BCUT2D eigenvalue weighted by Crippen LogP contribution is 2.17. The van der Waals surface area contributed by atoms with Crippen LogP contribution in [0.15, 0.2) is 53.4 Å². The van der Waals surface area contributed by atoms with Crippen molar-refractivity contribution in [3.8, 4) is 0 Å². The second-order valence-corrected chi connectivity index (χ2v) is 7.04. The van der Waals surface area contributed by atoms with Gasteiger partial charge in [0.1, 0.15) is 0 Å². The van der Waals surface area contributed by atoms with Gasteiger partial charge in [-0.1, -0.05) is 19.1 Å². The van der Waals surface area contributed by atoms with Gasteiger partial charge in [-0.05, 0) is 71.0 Å². The number of hydrogen-bond acceptors (Lipinski definition) is 2. The topological polar surface area (TPSA) is 46.2 Å². The third kappa shape index (κ3) is 3.70. The molecule has 0 saturated carbocycles. The molecule has 0 saturated heterocycles. The first kappa shape index (κ1) is 14.3. The average Bonchev–Trinajstić information content (AvgIpc) is 2.40. The number of halogens is 1. The highest BCUT2D eigenvalue weighted by atomic mass is 127. The summed E-state index contributed by atoms with van der Waals surface area (Å²) in [5.74, 6) is 0. The summed E-state index contributed by atoms with van der Waals surface area (Å²) in [6, 6.07) is 14.2. The van der Waals surface area contributed by atoms with Gasteiger partial charge in [0.15, 0.2) is 0 Å². The smallest absolute Gasteiger partial charge is 0.261 e. The SMILES string of the molecule is CCc1ccc(NS(=O)(=O)c2ccc(I)cc2)cc1. The first-order valence-electron chi connectivity index (χ1n) is 5.88. The van der Waals surface area contributed by atoms with Crippen molar-refractivity contribution in [1.29, 1.82) is 0 Å². The maximum absolute atomic E-state index is 12.2. The van der Waals surface area contributed by atoms with Crippen LogP contribution >= 0.6 is 22.6 Å². The number of aryl methyl sites for hydroxylation is 1. The van der Waals surface area contributed by atoms with Crippen LogP contribution in [0.25, 0.3) is 0 Å². The second kappa shape index (κ2) is 5.92. The summed E-state index contributed by atoms with van der Waals surface area (Å²) in [6.45, 7) is 2.06. The highest BCUT2D eigenvalue weighted by molar-refractivity contribution is 14.1. The van der Waals surface area contributed by atoms with Gasteiger partial charge >= 0.3 is 0 Å². The molecular formula is C14H14INO2S. The van der Waals surface area contributed by atoms with Crippen molar-refractivity contribution in [2.24, 2.45) is 0 Å². The monoisotopic (exact) mass is 387 g/mol. The molecule has 0 spiro atoms. The van der Waals surface area contributed by atoms with Crippen LogP contribution in [0.4, 0.5) is 5.69 Å². The van der Waals surface area contributed by atoms with E-state index in [1.807, 2.05) is 12.1 Å². The maximum atomic E-state index is 12.2. The largest absolute Gasteiger partial charge is 0.280 e. The number of sulfonamides is 1. The Kier molecular flexibility index (Phi) is 4.46. The minimum atomic E-state index is -3.50. The molecule has 0 amide bonds. The van der Waals surface area contributed by atoms with Gasteiger partial charge in [-0.2, -0.15) is 0 Å². The summed E-state index contributed by atoms with van der Waals surface area (Å²) in [7, 11) is -3.50. The number of anilines is 1. The summed E-state index contributed by atoms with van der Waals surface area (Å²) in [5, 5.41) is 0. The van der Waals surface area contributed by atoms with E-state index in [1.165, 1.54) is 5.56 Å². The van der Waals surface area contributed by atoms with E-state index in [0.29, 0.717) is 5.69 Å². The Balaban J connectivity index is 2.23. The van der Waals surface area contributed by atoms with E-state index in [0.717, 1.165) is 9.99 Å². The number of benzene rings is 2. The molecule has 0 aliphatic heterocycles. The van der Waals surface area contributed by atoms with Crippen LogP contribution < -0.4 is 4.72 Å². The third-order valence-corrected chi connectivity index (χ3v) is 4.85. The lowest BCUT2D eigenvalue weighted by molar-refractivity contribution is 0.601.